The Hall–Kier alpha value is -1.46. The fourth-order valence-electron chi connectivity index (χ4n) is 1.74. The number of amides is 1. The highest BCUT2D eigenvalue weighted by atomic mass is 35.5. The van der Waals surface area contributed by atoms with Gasteiger partial charge in [0, 0.05) is 13.0 Å². The Bertz CT molecular complexity index is 426. The summed E-state index contributed by atoms with van der Waals surface area (Å²) in [6, 6.07) is 5.74. The average Bonchev–Trinajstić information content (AvgIpc) is 2.61. The lowest BCUT2D eigenvalue weighted by atomic mass is 10.2. The van der Waals surface area contributed by atoms with Crippen molar-refractivity contribution in [2.24, 2.45) is 0 Å². The fourth-order valence-corrected chi connectivity index (χ4v) is 1.74. The normalized spacial score (nSPS) is 13.1. The molecule has 0 fully saturated rings. The Morgan fingerprint density at radius 1 is 1.26 bits per heavy atom. The van der Waals surface area contributed by atoms with Gasteiger partial charge < -0.3 is 20.1 Å². The van der Waals surface area contributed by atoms with E-state index in [1.54, 1.807) is 7.05 Å². The molecule has 2 rings (SSSR count). The van der Waals surface area contributed by atoms with Crippen LogP contribution < -0.4 is 20.1 Å². The summed E-state index contributed by atoms with van der Waals surface area (Å²) < 4.78 is 11.1. The molecule has 106 valence electrons. The van der Waals surface area contributed by atoms with Gasteiger partial charge in [-0.05, 0) is 24.7 Å². The highest BCUT2D eigenvalue weighted by Crippen LogP contribution is 2.30. The number of hydrogen-bond donors (Lipinski definition) is 2. The monoisotopic (exact) mass is 286 g/mol. The van der Waals surface area contributed by atoms with Crippen molar-refractivity contribution in [2.45, 2.75) is 13.0 Å². The molecule has 19 heavy (non-hydrogen) atoms. The molecular formula is C13H19ClN2O3. The summed E-state index contributed by atoms with van der Waals surface area (Å²) in [5.74, 6) is 1.51. The van der Waals surface area contributed by atoms with Crippen LogP contribution in [0.4, 0.5) is 0 Å². The van der Waals surface area contributed by atoms with Crippen LogP contribution in [0.5, 0.6) is 11.5 Å². The lowest BCUT2D eigenvalue weighted by molar-refractivity contribution is -0.120. The number of likely N-dealkylation sites (N-methyl/N-ethyl adjacent to an activating group) is 1. The molecule has 6 heteroatoms. The summed E-state index contributed by atoms with van der Waals surface area (Å²) in [6.07, 6.45) is 0.892. The molecule has 0 atom stereocenters. The van der Waals surface area contributed by atoms with Gasteiger partial charge in [-0.25, -0.2) is 0 Å². The van der Waals surface area contributed by atoms with Gasteiger partial charge in [0.05, 0.1) is 19.8 Å². The molecule has 1 aliphatic heterocycles. The molecule has 1 aromatic rings. The fraction of sp³-hybridized carbons (Fsp3) is 0.462. The van der Waals surface area contributed by atoms with Crippen LogP contribution >= 0.6 is 12.4 Å². The van der Waals surface area contributed by atoms with E-state index in [-0.39, 0.29) is 18.3 Å². The van der Waals surface area contributed by atoms with E-state index in [1.165, 1.54) is 0 Å². The van der Waals surface area contributed by atoms with Gasteiger partial charge in [-0.15, -0.1) is 12.4 Å². The first-order valence-electron chi connectivity index (χ1n) is 6.09. The van der Waals surface area contributed by atoms with E-state index in [1.807, 2.05) is 18.2 Å². The third-order valence-electron chi connectivity index (χ3n) is 2.64. The molecule has 1 amide bonds. The molecule has 1 aliphatic rings. The summed E-state index contributed by atoms with van der Waals surface area (Å²) in [6.45, 7) is 2.18. The van der Waals surface area contributed by atoms with E-state index in [0.29, 0.717) is 26.3 Å². The minimum atomic E-state index is -0.0235. The SMILES string of the molecule is CNCC(=O)NCc1ccc2c(c1)OCCCO2.Cl. The maximum absolute atomic E-state index is 11.3. The maximum atomic E-state index is 11.3. The molecule has 0 saturated heterocycles. The highest BCUT2D eigenvalue weighted by Gasteiger charge is 2.10. The van der Waals surface area contributed by atoms with Crippen molar-refractivity contribution in [1.82, 2.24) is 10.6 Å². The van der Waals surface area contributed by atoms with Gasteiger partial charge in [0.2, 0.25) is 5.91 Å². The third kappa shape index (κ3) is 4.61. The third-order valence-corrected chi connectivity index (χ3v) is 2.64. The zero-order valence-corrected chi connectivity index (χ0v) is 11.7. The van der Waals surface area contributed by atoms with Crippen LogP contribution in [0.3, 0.4) is 0 Å². The van der Waals surface area contributed by atoms with Crippen molar-refractivity contribution < 1.29 is 14.3 Å². The first-order chi connectivity index (χ1) is 8.79. The number of halogens is 1. The van der Waals surface area contributed by atoms with Crippen molar-refractivity contribution >= 4 is 18.3 Å². The number of carbonyl (C=O) groups excluding carboxylic acids is 1. The molecular weight excluding hydrogens is 268 g/mol. The van der Waals surface area contributed by atoms with Gasteiger partial charge in [-0.1, -0.05) is 6.07 Å². The molecule has 0 bridgehead atoms. The molecule has 1 aromatic carbocycles. The number of ether oxygens (including phenoxy) is 2. The molecule has 0 saturated carbocycles. The second-order valence-corrected chi connectivity index (χ2v) is 4.14. The molecule has 1 heterocycles. The van der Waals surface area contributed by atoms with E-state index in [2.05, 4.69) is 10.6 Å². The summed E-state index contributed by atoms with van der Waals surface area (Å²) in [7, 11) is 1.74. The molecule has 0 spiro atoms. The Morgan fingerprint density at radius 2 is 2.00 bits per heavy atom. The van der Waals surface area contributed by atoms with Crippen molar-refractivity contribution in [3.63, 3.8) is 0 Å². The highest BCUT2D eigenvalue weighted by molar-refractivity contribution is 5.85. The van der Waals surface area contributed by atoms with Crippen molar-refractivity contribution in [1.29, 1.82) is 0 Å². The van der Waals surface area contributed by atoms with Crippen molar-refractivity contribution in [2.75, 3.05) is 26.8 Å². The van der Waals surface area contributed by atoms with Gasteiger partial charge >= 0.3 is 0 Å². The Kier molecular flexibility index (Phi) is 6.45. The van der Waals surface area contributed by atoms with Crippen LogP contribution in [0.2, 0.25) is 0 Å². The number of nitrogens with one attached hydrogen (secondary N) is 2. The Balaban J connectivity index is 0.00000180. The van der Waals surface area contributed by atoms with E-state index in [9.17, 15) is 4.79 Å². The lowest BCUT2D eigenvalue weighted by Gasteiger charge is -2.10. The second kappa shape index (κ2) is 7.86. The predicted octanol–water partition coefficient (Wildman–Crippen LogP) is 1.11. The van der Waals surface area contributed by atoms with Crippen LogP contribution in [0.25, 0.3) is 0 Å². The van der Waals surface area contributed by atoms with Crippen LogP contribution in [-0.2, 0) is 11.3 Å². The van der Waals surface area contributed by atoms with Gasteiger partial charge in [0.15, 0.2) is 11.5 Å². The first-order valence-corrected chi connectivity index (χ1v) is 6.09. The van der Waals surface area contributed by atoms with Crippen LogP contribution in [0.15, 0.2) is 18.2 Å². The lowest BCUT2D eigenvalue weighted by Crippen LogP contribution is -2.31. The summed E-state index contributed by atoms with van der Waals surface area (Å²) >= 11 is 0. The minimum absolute atomic E-state index is 0. The maximum Gasteiger partial charge on any atom is 0.234 e. The van der Waals surface area contributed by atoms with Crippen molar-refractivity contribution in [3.05, 3.63) is 23.8 Å². The van der Waals surface area contributed by atoms with Gasteiger partial charge in [-0.2, -0.15) is 0 Å². The quantitative estimate of drug-likeness (QED) is 0.870. The largest absolute Gasteiger partial charge is 0.490 e. The smallest absolute Gasteiger partial charge is 0.234 e. The summed E-state index contributed by atoms with van der Waals surface area (Å²) in [5.41, 5.74) is 1.00. The van der Waals surface area contributed by atoms with Gasteiger partial charge in [0.25, 0.3) is 0 Å². The van der Waals surface area contributed by atoms with Crippen molar-refractivity contribution in [3.8, 4) is 11.5 Å². The van der Waals surface area contributed by atoms with Gasteiger partial charge in [0.1, 0.15) is 0 Å². The zero-order chi connectivity index (χ0) is 12.8. The summed E-state index contributed by atoms with van der Waals surface area (Å²) in [5, 5.41) is 5.63. The first kappa shape index (κ1) is 15.6. The zero-order valence-electron chi connectivity index (χ0n) is 10.9. The molecule has 5 nitrogen and oxygen atoms in total. The van der Waals surface area contributed by atoms with E-state index < -0.39 is 0 Å². The topological polar surface area (TPSA) is 59.6 Å². The number of fused-ring (bicyclic) bond motifs is 1. The van der Waals surface area contributed by atoms with Crippen LogP contribution in [0, 0.1) is 0 Å². The van der Waals surface area contributed by atoms with Gasteiger partial charge in [-0.3, -0.25) is 4.79 Å². The second-order valence-electron chi connectivity index (χ2n) is 4.14. The molecule has 0 unspecified atom stereocenters. The van der Waals surface area contributed by atoms with Crippen LogP contribution in [0.1, 0.15) is 12.0 Å². The Labute approximate surface area is 119 Å². The predicted molar refractivity (Wildman–Crippen MR) is 75.1 cm³/mol. The summed E-state index contributed by atoms with van der Waals surface area (Å²) in [4.78, 5) is 11.3. The van der Waals surface area contributed by atoms with E-state index in [4.69, 9.17) is 9.47 Å². The number of carbonyl (C=O) groups is 1. The minimum Gasteiger partial charge on any atom is -0.490 e. The number of benzene rings is 1. The van der Waals surface area contributed by atoms with E-state index >= 15 is 0 Å². The molecule has 0 radical (unpaired) electrons. The standard InChI is InChI=1S/C13H18N2O3.ClH/c1-14-9-13(16)15-8-10-3-4-11-12(7-10)18-6-2-5-17-11;/h3-4,7,14H,2,5-6,8-9H2,1H3,(H,15,16);1H. The molecule has 0 aromatic heterocycles. The number of rotatable bonds is 4. The van der Waals surface area contributed by atoms with E-state index in [0.717, 1.165) is 23.5 Å². The average molecular weight is 287 g/mol. The Morgan fingerprint density at radius 3 is 2.74 bits per heavy atom. The molecule has 0 aliphatic carbocycles. The number of hydrogen-bond acceptors (Lipinski definition) is 4. The molecule has 2 N–H and O–H groups in total. The van der Waals surface area contributed by atoms with Crippen LogP contribution in [-0.4, -0.2) is 32.7 Å².